The predicted molar refractivity (Wildman–Crippen MR) is 58.9 cm³/mol. The zero-order valence-corrected chi connectivity index (χ0v) is 9.06. The Balaban J connectivity index is 2.95. The van der Waals surface area contributed by atoms with Gasteiger partial charge in [-0.2, -0.15) is 5.10 Å². The van der Waals surface area contributed by atoms with Crippen LogP contribution in [0.2, 0.25) is 0 Å². The van der Waals surface area contributed by atoms with E-state index in [0.29, 0.717) is 5.39 Å². The summed E-state index contributed by atoms with van der Waals surface area (Å²) in [6.07, 6.45) is 1.69. The molecule has 2 rings (SSSR count). The second kappa shape index (κ2) is 3.46. The molecule has 0 aromatic carbocycles. The van der Waals surface area contributed by atoms with E-state index in [4.69, 9.17) is 0 Å². The molecule has 78 valence electrons. The quantitative estimate of drug-likeness (QED) is 0.704. The van der Waals surface area contributed by atoms with Crippen molar-refractivity contribution >= 4 is 10.9 Å². The predicted octanol–water partition coefficient (Wildman–Crippen LogP) is 1.45. The molecule has 0 N–H and O–H groups in total. The molecular formula is C11H13N3O. The van der Waals surface area contributed by atoms with Crippen LogP contribution in [0, 0.1) is 0 Å². The average Bonchev–Trinajstić information content (AvgIpc) is 2.23. The SMILES string of the molecule is CC(C)c1nn(C)c(=O)c2cccnc12. The summed E-state index contributed by atoms with van der Waals surface area (Å²) in [5.74, 6) is 0.259. The largest absolute Gasteiger partial charge is 0.275 e. The van der Waals surface area contributed by atoms with Gasteiger partial charge in [-0.1, -0.05) is 13.8 Å². The second-order valence-corrected chi connectivity index (χ2v) is 3.87. The minimum atomic E-state index is -0.0949. The number of hydrogen-bond acceptors (Lipinski definition) is 3. The number of aryl methyl sites for hydroxylation is 1. The number of hydrogen-bond donors (Lipinski definition) is 0. The first-order chi connectivity index (χ1) is 7.11. The van der Waals surface area contributed by atoms with E-state index < -0.39 is 0 Å². The zero-order chi connectivity index (χ0) is 11.0. The van der Waals surface area contributed by atoms with Crippen LogP contribution in [0.25, 0.3) is 10.9 Å². The minimum absolute atomic E-state index is 0.0949. The molecule has 4 nitrogen and oxygen atoms in total. The third kappa shape index (κ3) is 1.52. The molecule has 0 radical (unpaired) electrons. The van der Waals surface area contributed by atoms with Gasteiger partial charge in [0, 0.05) is 13.2 Å². The first-order valence-electron chi connectivity index (χ1n) is 4.93. The molecule has 0 amide bonds. The number of pyridine rings is 1. The maximum absolute atomic E-state index is 11.8. The molecule has 2 aromatic heterocycles. The minimum Gasteiger partial charge on any atom is -0.267 e. The lowest BCUT2D eigenvalue weighted by Crippen LogP contribution is -2.22. The number of aromatic nitrogens is 3. The topological polar surface area (TPSA) is 47.8 Å². The molecule has 0 aliphatic heterocycles. The van der Waals surface area contributed by atoms with Gasteiger partial charge in [0.15, 0.2) is 0 Å². The van der Waals surface area contributed by atoms with E-state index >= 15 is 0 Å². The van der Waals surface area contributed by atoms with Crippen molar-refractivity contribution in [2.45, 2.75) is 19.8 Å². The molecule has 0 aliphatic rings. The first-order valence-corrected chi connectivity index (χ1v) is 4.93. The summed E-state index contributed by atoms with van der Waals surface area (Å²) in [4.78, 5) is 16.0. The van der Waals surface area contributed by atoms with Crippen molar-refractivity contribution in [3.05, 3.63) is 34.4 Å². The van der Waals surface area contributed by atoms with Gasteiger partial charge in [0.2, 0.25) is 0 Å². The fourth-order valence-electron chi connectivity index (χ4n) is 1.60. The fraction of sp³-hybridized carbons (Fsp3) is 0.364. The van der Waals surface area contributed by atoms with Crippen LogP contribution in [0.5, 0.6) is 0 Å². The lowest BCUT2D eigenvalue weighted by Gasteiger charge is -2.09. The van der Waals surface area contributed by atoms with Crippen LogP contribution in [0.4, 0.5) is 0 Å². The Morgan fingerprint density at radius 1 is 1.40 bits per heavy atom. The molecule has 0 fully saturated rings. The van der Waals surface area contributed by atoms with Gasteiger partial charge in [0.05, 0.1) is 16.6 Å². The van der Waals surface area contributed by atoms with Crippen LogP contribution in [-0.2, 0) is 7.05 Å². The van der Waals surface area contributed by atoms with Crippen molar-refractivity contribution in [3.63, 3.8) is 0 Å². The summed E-state index contributed by atoms with van der Waals surface area (Å²) in [7, 11) is 1.67. The van der Waals surface area contributed by atoms with Crippen molar-refractivity contribution in [1.82, 2.24) is 14.8 Å². The highest BCUT2D eigenvalue weighted by atomic mass is 16.1. The third-order valence-corrected chi connectivity index (χ3v) is 2.38. The van der Waals surface area contributed by atoms with E-state index in [2.05, 4.69) is 10.1 Å². The molecule has 15 heavy (non-hydrogen) atoms. The Bertz CT molecular complexity index is 557. The molecule has 4 heteroatoms. The Hall–Kier alpha value is -1.71. The average molecular weight is 203 g/mol. The van der Waals surface area contributed by atoms with Crippen molar-refractivity contribution in [1.29, 1.82) is 0 Å². The summed E-state index contributed by atoms with van der Waals surface area (Å²) in [6, 6.07) is 3.56. The maximum atomic E-state index is 11.8. The van der Waals surface area contributed by atoms with Gasteiger partial charge in [-0.3, -0.25) is 9.78 Å². The van der Waals surface area contributed by atoms with E-state index in [9.17, 15) is 4.79 Å². The Morgan fingerprint density at radius 2 is 2.13 bits per heavy atom. The summed E-state index contributed by atoms with van der Waals surface area (Å²) in [5.41, 5.74) is 1.49. The smallest absolute Gasteiger partial charge is 0.267 e. The molecule has 0 bridgehead atoms. The molecule has 2 heterocycles. The van der Waals surface area contributed by atoms with Crippen LogP contribution >= 0.6 is 0 Å². The normalized spacial score (nSPS) is 11.2. The van der Waals surface area contributed by atoms with E-state index in [0.717, 1.165) is 11.2 Å². The summed E-state index contributed by atoms with van der Waals surface area (Å²) < 4.78 is 1.37. The monoisotopic (exact) mass is 203 g/mol. The highest BCUT2D eigenvalue weighted by Crippen LogP contribution is 2.17. The van der Waals surface area contributed by atoms with Crippen molar-refractivity contribution in [3.8, 4) is 0 Å². The van der Waals surface area contributed by atoms with Gasteiger partial charge in [0.25, 0.3) is 5.56 Å². The summed E-state index contributed by atoms with van der Waals surface area (Å²) in [5, 5.41) is 4.88. The molecule has 0 aliphatic carbocycles. The van der Waals surface area contributed by atoms with Crippen LogP contribution in [-0.4, -0.2) is 14.8 Å². The van der Waals surface area contributed by atoms with E-state index in [1.165, 1.54) is 4.68 Å². The number of nitrogens with zero attached hydrogens (tertiary/aromatic N) is 3. The van der Waals surface area contributed by atoms with Gasteiger partial charge in [-0.05, 0) is 18.1 Å². The highest BCUT2D eigenvalue weighted by molar-refractivity contribution is 5.79. The van der Waals surface area contributed by atoms with Crippen LogP contribution in [0.3, 0.4) is 0 Å². The van der Waals surface area contributed by atoms with Gasteiger partial charge in [-0.25, -0.2) is 4.68 Å². The van der Waals surface area contributed by atoms with Gasteiger partial charge in [-0.15, -0.1) is 0 Å². The van der Waals surface area contributed by atoms with Crippen molar-refractivity contribution < 1.29 is 0 Å². The van der Waals surface area contributed by atoms with E-state index in [1.54, 1.807) is 25.4 Å². The third-order valence-electron chi connectivity index (χ3n) is 2.38. The molecule has 0 unspecified atom stereocenters. The highest BCUT2D eigenvalue weighted by Gasteiger charge is 2.11. The first kappa shape index (κ1) is 9.83. The van der Waals surface area contributed by atoms with Crippen LogP contribution < -0.4 is 5.56 Å². The maximum Gasteiger partial charge on any atom is 0.275 e. The lowest BCUT2D eigenvalue weighted by atomic mass is 10.1. The molecule has 0 saturated heterocycles. The van der Waals surface area contributed by atoms with Crippen LogP contribution in [0.15, 0.2) is 23.1 Å². The molecule has 2 aromatic rings. The molecular weight excluding hydrogens is 190 g/mol. The summed E-state index contributed by atoms with van der Waals surface area (Å²) in [6.45, 7) is 4.09. The van der Waals surface area contributed by atoms with Crippen molar-refractivity contribution in [2.75, 3.05) is 0 Å². The number of rotatable bonds is 1. The Labute approximate surface area is 87.6 Å². The Morgan fingerprint density at radius 3 is 2.80 bits per heavy atom. The molecule has 0 saturated carbocycles. The van der Waals surface area contributed by atoms with Gasteiger partial charge < -0.3 is 0 Å². The fourth-order valence-corrected chi connectivity index (χ4v) is 1.60. The standard InChI is InChI=1S/C11H13N3O/c1-7(2)9-10-8(5-4-6-12-10)11(15)14(3)13-9/h4-7H,1-3H3. The lowest BCUT2D eigenvalue weighted by molar-refractivity contribution is 0.664. The van der Waals surface area contributed by atoms with E-state index in [-0.39, 0.29) is 11.5 Å². The van der Waals surface area contributed by atoms with E-state index in [1.807, 2.05) is 13.8 Å². The van der Waals surface area contributed by atoms with Gasteiger partial charge >= 0.3 is 0 Å². The van der Waals surface area contributed by atoms with Crippen molar-refractivity contribution in [2.24, 2.45) is 7.05 Å². The summed E-state index contributed by atoms with van der Waals surface area (Å²) >= 11 is 0. The molecule has 0 atom stereocenters. The van der Waals surface area contributed by atoms with Gasteiger partial charge in [0.1, 0.15) is 0 Å². The Kier molecular flexibility index (Phi) is 2.26. The van der Waals surface area contributed by atoms with Crippen LogP contribution in [0.1, 0.15) is 25.5 Å². The zero-order valence-electron chi connectivity index (χ0n) is 9.06. The second-order valence-electron chi connectivity index (χ2n) is 3.87. The molecule has 0 spiro atoms. The number of fused-ring (bicyclic) bond motifs is 1.